The summed E-state index contributed by atoms with van der Waals surface area (Å²) in [6.07, 6.45) is 0. The maximum absolute atomic E-state index is 5.73. The second-order valence-electron chi connectivity index (χ2n) is 23.7. The highest BCUT2D eigenvalue weighted by Gasteiger charge is 2.10. The predicted octanol–water partition coefficient (Wildman–Crippen LogP) is 16.7. The van der Waals surface area contributed by atoms with Crippen molar-refractivity contribution in [3.63, 3.8) is 0 Å². The van der Waals surface area contributed by atoms with Crippen LogP contribution in [-0.2, 0) is 65.4 Å². The van der Waals surface area contributed by atoms with Crippen LogP contribution in [0, 0.1) is 34.6 Å². The zero-order chi connectivity index (χ0) is 76.2. The highest BCUT2D eigenvalue weighted by molar-refractivity contribution is 5.58. The van der Waals surface area contributed by atoms with Gasteiger partial charge in [0, 0.05) is 83.1 Å². The smallest absolute Gasteiger partial charge is 0.146 e. The molecule has 0 saturated carbocycles. The molecule has 0 atom stereocenters. The van der Waals surface area contributed by atoms with Gasteiger partial charge in [-0.1, -0.05) is 66.7 Å². The molecule has 10 aromatic carbocycles. The Balaban J connectivity index is 0.000000206. The van der Waals surface area contributed by atoms with Crippen LogP contribution in [0.1, 0.15) is 83.5 Å². The van der Waals surface area contributed by atoms with Crippen LogP contribution in [0.3, 0.4) is 0 Å². The molecular formula is C80H100N20O5. The van der Waals surface area contributed by atoms with E-state index in [9.17, 15) is 0 Å². The maximum Gasteiger partial charge on any atom is 0.146 e. The van der Waals surface area contributed by atoms with Crippen LogP contribution in [0.4, 0.5) is 56.9 Å². The molecule has 25 heteroatoms. The standard InChI is InChI=1S/5C16H20N4O/c1-11-3-12(9-17)5-14(4-11)19-20-15-6-13(10-18)7-16(8-15)21-2;1-11-7-12(9-17)3-5-14(11)19-20-15-6-4-13(10-18)8-16(15)21-2;1-11-3-4-14(7-12(11)9-17)19-20-15-5-6-16(21-2)13(8-15)10-18;1-11-3-4-12(9-17)7-14(11)19-20-15-8-13(10-18)5-6-16(15)21-2;1-11-3-4-12(9-17)15(7-11)19-20-16-8-14(21-2)6-5-13(16)10-18/h5*3-8H,9-10,17-18H2,1-2H3. The van der Waals surface area contributed by atoms with E-state index >= 15 is 0 Å². The van der Waals surface area contributed by atoms with E-state index < -0.39 is 0 Å². The summed E-state index contributed by atoms with van der Waals surface area (Å²) < 4.78 is 26.3. The van der Waals surface area contributed by atoms with Crippen LogP contribution < -0.4 is 81.0 Å². The lowest BCUT2D eigenvalue weighted by Crippen LogP contribution is -1.99. The van der Waals surface area contributed by atoms with E-state index in [1.165, 1.54) is 0 Å². The van der Waals surface area contributed by atoms with E-state index in [0.717, 1.165) is 135 Å². The Morgan fingerprint density at radius 2 is 0.667 bits per heavy atom. The van der Waals surface area contributed by atoms with E-state index in [1.807, 2.05) is 217 Å². The zero-order valence-corrected chi connectivity index (χ0v) is 61.7. The minimum Gasteiger partial charge on any atom is -0.497 e. The molecule has 0 bridgehead atoms. The fourth-order valence-corrected chi connectivity index (χ4v) is 10.0. The van der Waals surface area contributed by atoms with E-state index in [4.69, 9.17) is 81.0 Å². The van der Waals surface area contributed by atoms with Crippen molar-refractivity contribution in [2.45, 2.75) is 100 Å². The van der Waals surface area contributed by atoms with Gasteiger partial charge in [0.2, 0.25) is 0 Å². The van der Waals surface area contributed by atoms with Crippen molar-refractivity contribution < 1.29 is 23.7 Å². The highest BCUT2D eigenvalue weighted by Crippen LogP contribution is 2.35. The highest BCUT2D eigenvalue weighted by atomic mass is 16.5. The Morgan fingerprint density at radius 3 is 1.25 bits per heavy atom. The van der Waals surface area contributed by atoms with Crippen LogP contribution in [0.15, 0.2) is 233 Å². The molecule has 0 unspecified atom stereocenters. The monoisotopic (exact) mass is 1420 g/mol. The van der Waals surface area contributed by atoms with Gasteiger partial charge in [-0.3, -0.25) is 0 Å². The number of hydrogen-bond donors (Lipinski definition) is 10. The molecule has 20 N–H and O–H groups in total. The maximum atomic E-state index is 5.73. The third-order valence-electron chi connectivity index (χ3n) is 16.1. The molecule has 0 heterocycles. The molecule has 25 nitrogen and oxygen atoms in total. The number of rotatable bonds is 25. The largest absolute Gasteiger partial charge is 0.497 e. The second-order valence-corrected chi connectivity index (χ2v) is 23.7. The number of nitrogens with two attached hydrogens (primary N) is 10. The lowest BCUT2D eigenvalue weighted by Gasteiger charge is -2.06. The first-order valence-corrected chi connectivity index (χ1v) is 33.8. The summed E-state index contributed by atoms with van der Waals surface area (Å²) in [5, 5.41) is 42.8. The molecule has 0 aromatic heterocycles. The number of nitrogens with zero attached hydrogens (tertiary/aromatic N) is 10. The number of benzene rings is 10. The van der Waals surface area contributed by atoms with Crippen molar-refractivity contribution >= 4 is 56.9 Å². The van der Waals surface area contributed by atoms with Gasteiger partial charge >= 0.3 is 0 Å². The number of azo groups is 5. The third kappa shape index (κ3) is 25.9. The van der Waals surface area contributed by atoms with E-state index in [2.05, 4.69) is 51.1 Å². The van der Waals surface area contributed by atoms with E-state index in [-0.39, 0.29) is 0 Å². The number of hydrogen-bond acceptors (Lipinski definition) is 25. The Labute approximate surface area is 615 Å². The quantitative estimate of drug-likeness (QED) is 0.0238. The molecule has 0 radical (unpaired) electrons. The molecule has 0 aliphatic rings. The van der Waals surface area contributed by atoms with Crippen LogP contribution in [0.25, 0.3) is 0 Å². The molecule has 0 amide bonds. The van der Waals surface area contributed by atoms with E-state index in [0.29, 0.717) is 99.7 Å². The van der Waals surface area contributed by atoms with Crippen molar-refractivity contribution in [2.24, 2.45) is 108 Å². The molecule has 0 fully saturated rings. The fourth-order valence-electron chi connectivity index (χ4n) is 10.0. The molecule has 10 aromatic rings. The Hall–Kier alpha value is -11.2. The summed E-state index contributed by atoms with van der Waals surface area (Å²) in [5.41, 5.74) is 79.6. The Bertz CT molecular complexity index is 4580. The molecule has 0 saturated heterocycles. The van der Waals surface area contributed by atoms with Gasteiger partial charge in [-0.2, -0.15) is 40.9 Å². The third-order valence-corrected chi connectivity index (χ3v) is 16.1. The molecule has 0 spiro atoms. The van der Waals surface area contributed by atoms with Crippen molar-refractivity contribution in [3.8, 4) is 28.7 Å². The van der Waals surface area contributed by atoms with Crippen molar-refractivity contribution in [2.75, 3.05) is 35.5 Å². The van der Waals surface area contributed by atoms with Crippen molar-refractivity contribution in [1.29, 1.82) is 0 Å². The van der Waals surface area contributed by atoms with Gasteiger partial charge < -0.3 is 81.0 Å². The van der Waals surface area contributed by atoms with Gasteiger partial charge in [0.05, 0.1) is 81.0 Å². The fraction of sp³-hybridized carbons (Fsp3) is 0.250. The molecule has 550 valence electrons. The second kappa shape index (κ2) is 43.7. The zero-order valence-electron chi connectivity index (χ0n) is 61.7. The first kappa shape index (κ1) is 82.8. The minimum atomic E-state index is 0.397. The number of methoxy groups -OCH3 is 5. The van der Waals surface area contributed by atoms with Crippen molar-refractivity contribution in [3.05, 3.63) is 265 Å². The van der Waals surface area contributed by atoms with Crippen LogP contribution in [0.2, 0.25) is 0 Å². The van der Waals surface area contributed by atoms with Gasteiger partial charge in [-0.15, -0.1) is 10.2 Å². The van der Waals surface area contributed by atoms with Gasteiger partial charge in [0.25, 0.3) is 0 Å². The number of aryl methyl sites for hydroxylation is 5. The predicted molar refractivity (Wildman–Crippen MR) is 421 cm³/mol. The first-order valence-electron chi connectivity index (χ1n) is 33.8. The van der Waals surface area contributed by atoms with Gasteiger partial charge in [0.1, 0.15) is 40.1 Å². The molecule has 0 aliphatic carbocycles. The average molecular weight is 1420 g/mol. The summed E-state index contributed by atoms with van der Waals surface area (Å²) in [7, 11) is 8.07. The molecule has 0 aliphatic heterocycles. The van der Waals surface area contributed by atoms with Crippen LogP contribution >= 0.6 is 0 Å². The number of ether oxygens (including phenoxy) is 5. The topological polar surface area (TPSA) is 430 Å². The minimum absolute atomic E-state index is 0.397. The SMILES string of the molecule is COc1cc(CN)cc(N=Nc2cc(C)cc(CN)c2)c1.COc1cc(CN)ccc1N=Nc1ccc(CN)cc1C.COc1ccc(CN)c(N=Nc2cc(C)ccc2CN)c1.COc1ccc(CN)cc1N=Nc1cc(CN)ccc1C.COc1ccc(N=Nc2ccc(C)c(CN)c2)cc1CN. The van der Waals surface area contributed by atoms with E-state index in [1.54, 1.807) is 35.5 Å². The van der Waals surface area contributed by atoms with Gasteiger partial charge in [-0.05, 0) is 216 Å². The summed E-state index contributed by atoms with van der Waals surface area (Å²) in [6.45, 7) is 14.6. The van der Waals surface area contributed by atoms with Crippen molar-refractivity contribution in [1.82, 2.24) is 0 Å². The van der Waals surface area contributed by atoms with Crippen LogP contribution in [-0.4, -0.2) is 35.5 Å². The Morgan fingerprint density at radius 1 is 0.219 bits per heavy atom. The molecular weight excluding hydrogens is 1320 g/mol. The van der Waals surface area contributed by atoms with Crippen LogP contribution in [0.5, 0.6) is 28.7 Å². The summed E-state index contributed by atoms with van der Waals surface area (Å²) in [4.78, 5) is 0. The summed E-state index contributed by atoms with van der Waals surface area (Å²) in [6, 6.07) is 57.6. The normalized spacial score (nSPS) is 11.0. The summed E-state index contributed by atoms with van der Waals surface area (Å²) >= 11 is 0. The molecule has 10 rings (SSSR count). The lowest BCUT2D eigenvalue weighted by molar-refractivity contribution is 0.410. The van der Waals surface area contributed by atoms with Gasteiger partial charge in [-0.25, -0.2) is 0 Å². The Kier molecular flexibility index (Phi) is 34.4. The summed E-state index contributed by atoms with van der Waals surface area (Å²) in [5.74, 6) is 3.54. The first-order chi connectivity index (χ1) is 50.8. The molecule has 105 heavy (non-hydrogen) atoms. The average Bonchev–Trinajstić information content (AvgIpc) is 0.860. The van der Waals surface area contributed by atoms with Gasteiger partial charge in [0.15, 0.2) is 0 Å². The lowest BCUT2D eigenvalue weighted by atomic mass is 10.1.